The van der Waals surface area contributed by atoms with Crippen molar-refractivity contribution in [3.8, 4) is 0 Å². The van der Waals surface area contributed by atoms with Gasteiger partial charge in [0.05, 0.1) is 18.3 Å². The molecule has 1 unspecified atom stereocenters. The number of aromatic nitrogens is 3. The van der Waals surface area contributed by atoms with Gasteiger partial charge in [-0.15, -0.1) is 5.10 Å². The van der Waals surface area contributed by atoms with Crippen molar-refractivity contribution in [1.29, 1.82) is 0 Å². The number of methoxy groups -OCH3 is 1. The molecule has 0 spiro atoms. The minimum atomic E-state index is 0.230. The molecule has 0 saturated carbocycles. The third kappa shape index (κ3) is 2.66. The van der Waals surface area contributed by atoms with E-state index in [4.69, 9.17) is 4.74 Å². The van der Waals surface area contributed by atoms with Gasteiger partial charge in [-0.05, 0) is 12.8 Å². The molecule has 0 aliphatic rings. The van der Waals surface area contributed by atoms with Crippen molar-refractivity contribution in [3.63, 3.8) is 0 Å². The van der Waals surface area contributed by atoms with Gasteiger partial charge in [-0.2, -0.15) is 0 Å². The highest BCUT2D eigenvalue weighted by Crippen LogP contribution is 2.19. The fraction of sp³-hybridized carbons (Fsp3) is 0.727. The third-order valence-corrected chi connectivity index (χ3v) is 2.83. The second-order valence-corrected chi connectivity index (χ2v) is 4.21. The van der Waals surface area contributed by atoms with Crippen LogP contribution < -0.4 is 0 Å². The molecule has 0 bridgehead atoms. The Hall–Kier alpha value is -1.23. The third-order valence-electron chi connectivity index (χ3n) is 2.83. The van der Waals surface area contributed by atoms with Crippen LogP contribution in [0.5, 0.6) is 0 Å². The van der Waals surface area contributed by atoms with Crippen LogP contribution in [-0.2, 0) is 11.2 Å². The van der Waals surface area contributed by atoms with Crippen molar-refractivity contribution in [1.82, 2.24) is 15.0 Å². The Balaban J connectivity index is 2.99. The summed E-state index contributed by atoms with van der Waals surface area (Å²) in [6.45, 7) is 6.88. The minimum Gasteiger partial charge on any atom is -0.384 e. The van der Waals surface area contributed by atoms with E-state index in [2.05, 4.69) is 31.1 Å². The molecule has 1 aromatic rings. The SMILES string of the molecule is COCCc1c(C=O)nnn1C(C)C(C)C. The first-order chi connectivity index (χ1) is 7.61. The molecule has 0 aromatic carbocycles. The zero-order valence-corrected chi connectivity index (χ0v) is 10.3. The van der Waals surface area contributed by atoms with Gasteiger partial charge in [0, 0.05) is 13.5 Å². The minimum absolute atomic E-state index is 0.230. The predicted molar refractivity (Wildman–Crippen MR) is 60.5 cm³/mol. The van der Waals surface area contributed by atoms with E-state index >= 15 is 0 Å². The van der Waals surface area contributed by atoms with Crippen molar-refractivity contribution in [2.45, 2.75) is 33.2 Å². The predicted octanol–water partition coefficient (Wildman–Crippen LogP) is 1.50. The van der Waals surface area contributed by atoms with E-state index in [0.29, 0.717) is 24.6 Å². The van der Waals surface area contributed by atoms with Crippen LogP contribution in [0.15, 0.2) is 0 Å². The van der Waals surface area contributed by atoms with Crippen molar-refractivity contribution in [2.24, 2.45) is 5.92 Å². The van der Waals surface area contributed by atoms with Gasteiger partial charge in [-0.3, -0.25) is 4.79 Å². The Kier molecular flexibility index (Phi) is 4.61. The molecule has 16 heavy (non-hydrogen) atoms. The number of rotatable bonds is 6. The highest BCUT2D eigenvalue weighted by atomic mass is 16.5. The van der Waals surface area contributed by atoms with Crippen molar-refractivity contribution < 1.29 is 9.53 Å². The molecule has 1 atom stereocenters. The Labute approximate surface area is 95.8 Å². The first-order valence-corrected chi connectivity index (χ1v) is 5.50. The van der Waals surface area contributed by atoms with Crippen LogP contribution in [0.25, 0.3) is 0 Å². The Morgan fingerprint density at radius 2 is 2.12 bits per heavy atom. The molecule has 5 heteroatoms. The van der Waals surface area contributed by atoms with Crippen LogP contribution in [0.1, 0.15) is 43.0 Å². The zero-order chi connectivity index (χ0) is 12.1. The number of aldehydes is 1. The van der Waals surface area contributed by atoms with E-state index in [9.17, 15) is 4.79 Å². The number of carbonyl (C=O) groups excluding carboxylic acids is 1. The van der Waals surface area contributed by atoms with Gasteiger partial charge in [0.15, 0.2) is 6.29 Å². The lowest BCUT2D eigenvalue weighted by Gasteiger charge is -2.18. The molecule has 5 nitrogen and oxygen atoms in total. The van der Waals surface area contributed by atoms with Gasteiger partial charge >= 0.3 is 0 Å². The fourth-order valence-electron chi connectivity index (χ4n) is 1.47. The normalized spacial score (nSPS) is 13.1. The maximum absolute atomic E-state index is 10.8. The molecule has 0 radical (unpaired) electrons. The van der Waals surface area contributed by atoms with Gasteiger partial charge < -0.3 is 4.74 Å². The molecular formula is C11H19N3O2. The van der Waals surface area contributed by atoms with Gasteiger partial charge in [-0.1, -0.05) is 19.1 Å². The highest BCUT2D eigenvalue weighted by molar-refractivity contribution is 5.73. The summed E-state index contributed by atoms with van der Waals surface area (Å²) >= 11 is 0. The lowest BCUT2D eigenvalue weighted by atomic mass is 10.1. The second-order valence-electron chi connectivity index (χ2n) is 4.21. The zero-order valence-electron chi connectivity index (χ0n) is 10.3. The molecule has 1 aromatic heterocycles. The summed E-state index contributed by atoms with van der Waals surface area (Å²) in [7, 11) is 1.64. The molecule has 0 fully saturated rings. The quantitative estimate of drug-likeness (QED) is 0.688. The second kappa shape index (κ2) is 5.75. The number of ether oxygens (including phenoxy) is 1. The molecule has 1 heterocycles. The van der Waals surface area contributed by atoms with Crippen LogP contribution in [0.4, 0.5) is 0 Å². The number of hydrogen-bond donors (Lipinski definition) is 0. The highest BCUT2D eigenvalue weighted by Gasteiger charge is 2.18. The van der Waals surface area contributed by atoms with E-state index in [1.807, 2.05) is 4.68 Å². The van der Waals surface area contributed by atoms with E-state index < -0.39 is 0 Å². The van der Waals surface area contributed by atoms with E-state index in [0.717, 1.165) is 12.0 Å². The van der Waals surface area contributed by atoms with Crippen LogP contribution in [0.3, 0.4) is 0 Å². The Bertz CT molecular complexity index is 347. The maximum atomic E-state index is 10.8. The summed E-state index contributed by atoms with van der Waals surface area (Å²) in [5.74, 6) is 0.447. The van der Waals surface area contributed by atoms with Gasteiger partial charge in [-0.25, -0.2) is 4.68 Å². The maximum Gasteiger partial charge on any atom is 0.172 e. The van der Waals surface area contributed by atoms with Crippen molar-refractivity contribution in [2.75, 3.05) is 13.7 Å². The van der Waals surface area contributed by atoms with Crippen LogP contribution >= 0.6 is 0 Å². The molecule has 0 amide bonds. The van der Waals surface area contributed by atoms with Gasteiger partial charge in [0.1, 0.15) is 5.69 Å². The molecule has 0 aliphatic heterocycles. The Morgan fingerprint density at radius 1 is 1.44 bits per heavy atom. The summed E-state index contributed by atoms with van der Waals surface area (Å²) in [6.07, 6.45) is 1.41. The summed E-state index contributed by atoms with van der Waals surface area (Å²) in [6, 6.07) is 0.230. The van der Waals surface area contributed by atoms with Crippen LogP contribution in [0.2, 0.25) is 0 Å². The monoisotopic (exact) mass is 225 g/mol. The average Bonchev–Trinajstić information content (AvgIpc) is 2.67. The number of nitrogens with zero attached hydrogens (tertiary/aromatic N) is 3. The lowest BCUT2D eigenvalue weighted by Crippen LogP contribution is -2.17. The molecule has 0 saturated heterocycles. The molecule has 1 rings (SSSR count). The molecule has 0 N–H and O–H groups in total. The molecular weight excluding hydrogens is 206 g/mol. The van der Waals surface area contributed by atoms with Crippen molar-refractivity contribution in [3.05, 3.63) is 11.4 Å². The first kappa shape index (κ1) is 12.8. The summed E-state index contributed by atoms with van der Waals surface area (Å²) < 4.78 is 6.85. The Morgan fingerprint density at radius 3 is 2.62 bits per heavy atom. The van der Waals surface area contributed by atoms with Gasteiger partial charge in [0.2, 0.25) is 0 Å². The number of carbonyl (C=O) groups is 1. The largest absolute Gasteiger partial charge is 0.384 e. The number of hydrogen-bond acceptors (Lipinski definition) is 4. The van der Waals surface area contributed by atoms with E-state index in [1.165, 1.54) is 0 Å². The lowest BCUT2D eigenvalue weighted by molar-refractivity contribution is 0.111. The van der Waals surface area contributed by atoms with Crippen LogP contribution in [-0.4, -0.2) is 35.0 Å². The van der Waals surface area contributed by atoms with Crippen LogP contribution in [0, 0.1) is 5.92 Å². The topological polar surface area (TPSA) is 57.0 Å². The van der Waals surface area contributed by atoms with E-state index in [-0.39, 0.29) is 6.04 Å². The summed E-state index contributed by atoms with van der Waals surface area (Å²) in [5.41, 5.74) is 1.28. The standard InChI is InChI=1S/C11H19N3O2/c1-8(2)9(3)14-11(5-6-16-4)10(7-15)12-13-14/h7-9H,5-6H2,1-4H3. The van der Waals surface area contributed by atoms with Crippen molar-refractivity contribution >= 4 is 6.29 Å². The van der Waals surface area contributed by atoms with E-state index in [1.54, 1.807) is 7.11 Å². The summed E-state index contributed by atoms with van der Waals surface area (Å²) in [5, 5.41) is 7.92. The average molecular weight is 225 g/mol. The molecule has 90 valence electrons. The van der Waals surface area contributed by atoms with Gasteiger partial charge in [0.25, 0.3) is 0 Å². The molecule has 0 aliphatic carbocycles. The fourth-order valence-corrected chi connectivity index (χ4v) is 1.47. The summed E-state index contributed by atoms with van der Waals surface area (Å²) in [4.78, 5) is 10.8. The smallest absolute Gasteiger partial charge is 0.172 e. The first-order valence-electron chi connectivity index (χ1n) is 5.50.